The summed E-state index contributed by atoms with van der Waals surface area (Å²) in [5.41, 5.74) is 0.468. The van der Waals surface area contributed by atoms with Crippen molar-refractivity contribution in [1.82, 2.24) is 4.31 Å². The summed E-state index contributed by atoms with van der Waals surface area (Å²) in [5, 5.41) is 20.6. The third-order valence-corrected chi connectivity index (χ3v) is 5.43. The molecule has 140 valence electrons. The number of nitrogens with one attached hydrogen (secondary N) is 1. The standard InChI is InChI=1S/C17H19FN2O5S/c18-14-4-6-15(7-5-14)19-17(23)13-2-1-3-16(12-13)26(24,25)20(8-10-21)9-11-22/h1-7,12,21-22H,8-11H2,(H,19,23). The van der Waals surface area contributed by atoms with Gasteiger partial charge in [0.2, 0.25) is 10.0 Å². The van der Waals surface area contributed by atoms with Gasteiger partial charge in [-0.15, -0.1) is 0 Å². The minimum absolute atomic E-state index is 0.100. The van der Waals surface area contributed by atoms with Gasteiger partial charge in [0.15, 0.2) is 0 Å². The van der Waals surface area contributed by atoms with Crippen molar-refractivity contribution in [3.8, 4) is 0 Å². The smallest absolute Gasteiger partial charge is 0.255 e. The lowest BCUT2D eigenvalue weighted by molar-refractivity contribution is 0.102. The molecule has 1 amide bonds. The number of carbonyl (C=O) groups excluding carboxylic acids is 1. The molecule has 0 aliphatic carbocycles. The lowest BCUT2D eigenvalue weighted by Gasteiger charge is -2.20. The molecule has 0 aromatic heterocycles. The van der Waals surface area contributed by atoms with E-state index in [9.17, 15) is 17.6 Å². The van der Waals surface area contributed by atoms with Gasteiger partial charge in [0.25, 0.3) is 5.91 Å². The van der Waals surface area contributed by atoms with Crippen molar-refractivity contribution < 1.29 is 27.8 Å². The number of aliphatic hydroxyl groups is 2. The molecule has 0 heterocycles. The number of rotatable bonds is 8. The Morgan fingerprint density at radius 2 is 1.65 bits per heavy atom. The van der Waals surface area contributed by atoms with E-state index in [0.29, 0.717) is 5.69 Å². The average Bonchev–Trinajstić information content (AvgIpc) is 2.63. The molecule has 0 fully saturated rings. The van der Waals surface area contributed by atoms with Gasteiger partial charge in [0, 0.05) is 24.3 Å². The number of amides is 1. The summed E-state index contributed by atoms with van der Waals surface area (Å²) >= 11 is 0. The summed E-state index contributed by atoms with van der Waals surface area (Å²) in [5.74, 6) is -0.992. The van der Waals surface area contributed by atoms with Crippen molar-refractivity contribution in [2.75, 3.05) is 31.6 Å². The first-order valence-corrected chi connectivity index (χ1v) is 9.21. The highest BCUT2D eigenvalue weighted by molar-refractivity contribution is 7.89. The van der Waals surface area contributed by atoms with Gasteiger partial charge in [-0.3, -0.25) is 4.79 Å². The van der Waals surface area contributed by atoms with E-state index in [1.54, 1.807) is 0 Å². The lowest BCUT2D eigenvalue weighted by atomic mass is 10.2. The maximum absolute atomic E-state index is 12.9. The summed E-state index contributed by atoms with van der Waals surface area (Å²) in [4.78, 5) is 12.2. The van der Waals surface area contributed by atoms with Gasteiger partial charge in [0.05, 0.1) is 18.1 Å². The van der Waals surface area contributed by atoms with Gasteiger partial charge in [-0.25, -0.2) is 12.8 Å². The van der Waals surface area contributed by atoms with Gasteiger partial charge < -0.3 is 15.5 Å². The van der Waals surface area contributed by atoms with Crippen LogP contribution in [0.1, 0.15) is 10.4 Å². The molecule has 0 radical (unpaired) electrons. The van der Waals surface area contributed by atoms with Crippen LogP contribution in [-0.2, 0) is 10.0 Å². The van der Waals surface area contributed by atoms with Crippen LogP contribution >= 0.6 is 0 Å². The summed E-state index contributed by atoms with van der Waals surface area (Å²) in [7, 11) is -3.98. The van der Waals surface area contributed by atoms with E-state index in [4.69, 9.17) is 10.2 Å². The van der Waals surface area contributed by atoms with E-state index in [2.05, 4.69) is 5.32 Å². The largest absolute Gasteiger partial charge is 0.395 e. The zero-order chi connectivity index (χ0) is 19.2. The minimum atomic E-state index is -3.98. The fourth-order valence-electron chi connectivity index (χ4n) is 2.26. The molecule has 26 heavy (non-hydrogen) atoms. The third-order valence-electron chi connectivity index (χ3n) is 3.53. The molecular formula is C17H19FN2O5S. The summed E-state index contributed by atoms with van der Waals surface area (Å²) in [6.45, 7) is -1.14. The molecule has 0 saturated heterocycles. The molecule has 0 saturated carbocycles. The maximum atomic E-state index is 12.9. The number of aliphatic hydroxyl groups excluding tert-OH is 2. The van der Waals surface area contributed by atoms with Crippen molar-refractivity contribution in [2.24, 2.45) is 0 Å². The molecule has 0 aliphatic rings. The van der Waals surface area contributed by atoms with E-state index in [1.807, 2.05) is 0 Å². The highest BCUT2D eigenvalue weighted by Gasteiger charge is 2.24. The number of hydrogen-bond donors (Lipinski definition) is 3. The average molecular weight is 382 g/mol. The van der Waals surface area contributed by atoms with Crippen LogP contribution in [0, 0.1) is 5.82 Å². The van der Waals surface area contributed by atoms with E-state index in [1.165, 1.54) is 48.5 Å². The fourth-order valence-corrected chi connectivity index (χ4v) is 3.73. The Kier molecular flexibility index (Phi) is 6.81. The summed E-state index contributed by atoms with van der Waals surface area (Å²) in [6, 6.07) is 10.6. The first kappa shape index (κ1) is 20.0. The van der Waals surface area contributed by atoms with Crippen LogP contribution in [0.4, 0.5) is 10.1 Å². The highest BCUT2D eigenvalue weighted by atomic mass is 32.2. The van der Waals surface area contributed by atoms with Crippen LogP contribution < -0.4 is 5.32 Å². The van der Waals surface area contributed by atoms with Crippen molar-refractivity contribution in [3.63, 3.8) is 0 Å². The zero-order valence-corrected chi connectivity index (χ0v) is 14.6. The molecule has 2 rings (SSSR count). The normalized spacial score (nSPS) is 11.5. The summed E-state index contributed by atoms with van der Waals surface area (Å²) < 4.78 is 39.1. The number of anilines is 1. The van der Waals surface area contributed by atoms with E-state index in [0.717, 1.165) is 4.31 Å². The second kappa shape index (κ2) is 8.86. The van der Waals surface area contributed by atoms with E-state index < -0.39 is 35.0 Å². The van der Waals surface area contributed by atoms with Gasteiger partial charge in [-0.2, -0.15) is 4.31 Å². The van der Waals surface area contributed by atoms with Crippen LogP contribution in [0.5, 0.6) is 0 Å². The number of sulfonamides is 1. The molecule has 0 aliphatic heterocycles. The number of halogens is 1. The van der Waals surface area contributed by atoms with E-state index >= 15 is 0 Å². The quantitative estimate of drug-likeness (QED) is 0.633. The molecule has 0 spiro atoms. The molecule has 0 atom stereocenters. The Labute approximate surface area is 150 Å². The van der Waals surface area contributed by atoms with Gasteiger partial charge in [-0.1, -0.05) is 6.07 Å². The fraction of sp³-hybridized carbons (Fsp3) is 0.235. The molecule has 0 bridgehead atoms. The highest BCUT2D eigenvalue weighted by Crippen LogP contribution is 2.18. The van der Waals surface area contributed by atoms with Crippen LogP contribution in [-0.4, -0.2) is 55.1 Å². The maximum Gasteiger partial charge on any atom is 0.255 e. The van der Waals surface area contributed by atoms with Gasteiger partial charge in [0.1, 0.15) is 5.82 Å². The Morgan fingerprint density at radius 3 is 2.23 bits per heavy atom. The van der Waals surface area contributed by atoms with Crippen LogP contribution in [0.15, 0.2) is 53.4 Å². The number of hydrogen-bond acceptors (Lipinski definition) is 5. The minimum Gasteiger partial charge on any atom is -0.395 e. The van der Waals surface area contributed by atoms with Crippen LogP contribution in [0.3, 0.4) is 0 Å². The Morgan fingerprint density at radius 1 is 1.04 bits per heavy atom. The molecule has 2 aromatic carbocycles. The van der Waals surface area contributed by atoms with Crippen molar-refractivity contribution in [3.05, 3.63) is 59.9 Å². The van der Waals surface area contributed by atoms with E-state index in [-0.39, 0.29) is 23.5 Å². The topological polar surface area (TPSA) is 107 Å². The molecule has 9 heteroatoms. The van der Waals surface area contributed by atoms with Gasteiger partial charge in [-0.05, 0) is 42.5 Å². The number of carbonyl (C=O) groups is 1. The lowest BCUT2D eigenvalue weighted by Crippen LogP contribution is -2.36. The predicted molar refractivity (Wildman–Crippen MR) is 93.7 cm³/mol. The Bertz CT molecular complexity index is 850. The molecular weight excluding hydrogens is 363 g/mol. The van der Waals surface area contributed by atoms with Gasteiger partial charge >= 0.3 is 0 Å². The predicted octanol–water partition coefficient (Wildman–Crippen LogP) is 1.05. The summed E-state index contributed by atoms with van der Waals surface area (Å²) in [6.07, 6.45) is 0. The SMILES string of the molecule is O=C(Nc1ccc(F)cc1)c1cccc(S(=O)(=O)N(CCO)CCO)c1. The van der Waals surface area contributed by atoms with Crippen molar-refractivity contribution in [1.29, 1.82) is 0 Å². The van der Waals surface area contributed by atoms with Crippen LogP contribution in [0.25, 0.3) is 0 Å². The second-order valence-electron chi connectivity index (χ2n) is 5.34. The Balaban J connectivity index is 2.25. The molecule has 2 aromatic rings. The monoisotopic (exact) mass is 382 g/mol. The van der Waals surface area contributed by atoms with Crippen LogP contribution in [0.2, 0.25) is 0 Å². The van der Waals surface area contributed by atoms with Crippen molar-refractivity contribution in [2.45, 2.75) is 4.90 Å². The Hall–Kier alpha value is -2.33. The number of benzene rings is 2. The second-order valence-corrected chi connectivity index (χ2v) is 7.28. The molecule has 0 unspecified atom stereocenters. The molecule has 7 nitrogen and oxygen atoms in total. The molecule has 3 N–H and O–H groups in total. The van der Waals surface area contributed by atoms with Crippen molar-refractivity contribution >= 4 is 21.6 Å². The third kappa shape index (κ3) is 4.85. The first-order chi connectivity index (χ1) is 12.4. The number of nitrogens with zero attached hydrogens (tertiary/aromatic N) is 1. The zero-order valence-electron chi connectivity index (χ0n) is 13.8. The first-order valence-electron chi connectivity index (χ1n) is 7.77.